The van der Waals surface area contributed by atoms with Gasteiger partial charge in [-0.1, -0.05) is 41.9 Å². The summed E-state index contributed by atoms with van der Waals surface area (Å²) in [6.07, 6.45) is 5.35. The van der Waals surface area contributed by atoms with Crippen molar-refractivity contribution >= 4 is 17.2 Å². The summed E-state index contributed by atoms with van der Waals surface area (Å²) in [6, 6.07) is 10.3. The van der Waals surface area contributed by atoms with Gasteiger partial charge in [0.25, 0.3) is 0 Å². The molecule has 0 unspecified atom stereocenters. The average Bonchev–Trinajstić information content (AvgIpc) is 3.21. The fourth-order valence-electron chi connectivity index (χ4n) is 2.93. The van der Waals surface area contributed by atoms with E-state index in [-0.39, 0.29) is 0 Å². The normalized spacial score (nSPS) is 11.3. The van der Waals surface area contributed by atoms with Gasteiger partial charge in [0.1, 0.15) is 5.02 Å². The molecule has 0 saturated carbocycles. The molecule has 0 amide bonds. The molecule has 3 aromatic heterocycles. The fraction of sp³-hybridized carbons (Fsp3) is 0.263. The molecular formula is C19H19ClN6. The first-order valence-electron chi connectivity index (χ1n) is 8.64. The molecule has 6 nitrogen and oxygen atoms in total. The molecule has 0 radical (unpaired) electrons. The van der Waals surface area contributed by atoms with Gasteiger partial charge < -0.3 is 0 Å². The highest BCUT2D eigenvalue weighted by atomic mass is 35.5. The Balaban J connectivity index is 1.68. The summed E-state index contributed by atoms with van der Waals surface area (Å²) in [5, 5.41) is 9.71. The molecule has 132 valence electrons. The Bertz CT molecular complexity index is 1050. The van der Waals surface area contributed by atoms with E-state index in [0.29, 0.717) is 28.7 Å². The van der Waals surface area contributed by atoms with Crippen LogP contribution in [0.1, 0.15) is 23.9 Å². The van der Waals surface area contributed by atoms with Crippen molar-refractivity contribution in [1.82, 2.24) is 29.4 Å². The van der Waals surface area contributed by atoms with Crippen molar-refractivity contribution in [3.05, 3.63) is 64.7 Å². The van der Waals surface area contributed by atoms with Crippen LogP contribution >= 0.6 is 11.6 Å². The number of hydrogen-bond donors (Lipinski definition) is 0. The lowest BCUT2D eigenvalue weighted by atomic mass is 10.1. The van der Waals surface area contributed by atoms with Gasteiger partial charge >= 0.3 is 0 Å². The Morgan fingerprint density at radius 3 is 2.65 bits per heavy atom. The predicted molar refractivity (Wildman–Crippen MR) is 101 cm³/mol. The van der Waals surface area contributed by atoms with Crippen LogP contribution in [0.15, 0.2) is 42.7 Å². The summed E-state index contributed by atoms with van der Waals surface area (Å²) in [5.74, 6) is 1.48. The van der Waals surface area contributed by atoms with E-state index in [4.69, 9.17) is 16.6 Å². The summed E-state index contributed by atoms with van der Waals surface area (Å²) in [7, 11) is 0. The molecule has 7 heteroatoms. The minimum Gasteiger partial charge on any atom is -0.244 e. The second kappa shape index (κ2) is 6.88. The smallest absolute Gasteiger partial charge is 0.180 e. The SMILES string of the molecule is CCn1nc(CCc2ccccc2)nc1-c1nn2cc(C)cnc2c1Cl. The second-order valence-corrected chi connectivity index (χ2v) is 6.59. The molecular weight excluding hydrogens is 348 g/mol. The molecule has 1 aromatic carbocycles. The van der Waals surface area contributed by atoms with Crippen molar-refractivity contribution in [1.29, 1.82) is 0 Å². The number of hydrogen-bond acceptors (Lipinski definition) is 4. The van der Waals surface area contributed by atoms with Crippen molar-refractivity contribution in [2.75, 3.05) is 0 Å². The first-order chi connectivity index (χ1) is 12.7. The third kappa shape index (κ3) is 3.08. The van der Waals surface area contributed by atoms with Crippen molar-refractivity contribution in [3.63, 3.8) is 0 Å². The number of halogens is 1. The Kier molecular flexibility index (Phi) is 4.42. The van der Waals surface area contributed by atoms with E-state index in [2.05, 4.69) is 27.3 Å². The number of nitrogens with zero attached hydrogens (tertiary/aromatic N) is 6. The van der Waals surface area contributed by atoms with Crippen LogP contribution in [0.5, 0.6) is 0 Å². The molecule has 4 aromatic rings. The fourth-order valence-corrected chi connectivity index (χ4v) is 3.19. The van der Waals surface area contributed by atoms with Gasteiger partial charge in [-0.05, 0) is 31.4 Å². The Labute approximate surface area is 156 Å². The third-order valence-electron chi connectivity index (χ3n) is 4.25. The van der Waals surface area contributed by atoms with Crippen LogP contribution in [-0.2, 0) is 19.4 Å². The zero-order chi connectivity index (χ0) is 18.1. The Morgan fingerprint density at radius 1 is 1.08 bits per heavy atom. The molecule has 26 heavy (non-hydrogen) atoms. The maximum atomic E-state index is 6.53. The first-order valence-corrected chi connectivity index (χ1v) is 9.02. The van der Waals surface area contributed by atoms with Crippen LogP contribution in [-0.4, -0.2) is 29.4 Å². The summed E-state index contributed by atoms with van der Waals surface area (Å²) in [5.41, 5.74) is 3.53. The van der Waals surface area contributed by atoms with Crippen LogP contribution in [0, 0.1) is 6.92 Å². The van der Waals surface area contributed by atoms with E-state index < -0.39 is 0 Å². The largest absolute Gasteiger partial charge is 0.244 e. The van der Waals surface area contributed by atoms with E-state index in [0.717, 1.165) is 24.2 Å². The molecule has 0 spiro atoms. The van der Waals surface area contributed by atoms with Crippen LogP contribution in [0.4, 0.5) is 0 Å². The van der Waals surface area contributed by atoms with Gasteiger partial charge in [-0.2, -0.15) is 10.2 Å². The van der Waals surface area contributed by atoms with Gasteiger partial charge in [0, 0.05) is 25.4 Å². The minimum absolute atomic E-state index is 0.502. The number of fused-ring (bicyclic) bond motifs is 1. The zero-order valence-electron chi connectivity index (χ0n) is 14.7. The lowest BCUT2D eigenvalue weighted by Gasteiger charge is -1.98. The molecule has 4 rings (SSSR count). The highest BCUT2D eigenvalue weighted by Crippen LogP contribution is 2.28. The second-order valence-electron chi connectivity index (χ2n) is 6.22. The Morgan fingerprint density at radius 2 is 1.88 bits per heavy atom. The van der Waals surface area contributed by atoms with E-state index in [1.54, 1.807) is 10.7 Å². The van der Waals surface area contributed by atoms with E-state index in [1.807, 2.05) is 42.9 Å². The Hall–Kier alpha value is -2.73. The summed E-state index contributed by atoms with van der Waals surface area (Å²) in [6.45, 7) is 4.70. The van der Waals surface area contributed by atoms with Gasteiger partial charge in [-0.15, -0.1) is 0 Å². The summed E-state index contributed by atoms with van der Waals surface area (Å²) < 4.78 is 3.55. The summed E-state index contributed by atoms with van der Waals surface area (Å²) in [4.78, 5) is 9.08. The van der Waals surface area contributed by atoms with Crippen LogP contribution < -0.4 is 0 Å². The standard InChI is InChI=1S/C19H19ClN6/c1-3-25-19(17-16(20)18-21-11-13(2)12-26(18)24-17)22-15(23-25)10-9-14-7-5-4-6-8-14/h4-8,11-12H,3,9-10H2,1-2H3. The lowest BCUT2D eigenvalue weighted by molar-refractivity contribution is 0.650. The van der Waals surface area contributed by atoms with Crippen molar-refractivity contribution in [2.24, 2.45) is 0 Å². The zero-order valence-corrected chi connectivity index (χ0v) is 15.5. The molecule has 3 heterocycles. The predicted octanol–water partition coefficient (Wildman–Crippen LogP) is 3.75. The third-order valence-corrected chi connectivity index (χ3v) is 4.60. The van der Waals surface area contributed by atoms with Crippen LogP contribution in [0.3, 0.4) is 0 Å². The van der Waals surface area contributed by atoms with E-state index >= 15 is 0 Å². The van der Waals surface area contributed by atoms with Crippen molar-refractivity contribution in [2.45, 2.75) is 33.2 Å². The van der Waals surface area contributed by atoms with E-state index in [1.165, 1.54) is 5.56 Å². The topological polar surface area (TPSA) is 60.9 Å². The quantitative estimate of drug-likeness (QED) is 0.539. The molecule has 0 aliphatic heterocycles. The molecule has 0 aliphatic carbocycles. The van der Waals surface area contributed by atoms with E-state index in [9.17, 15) is 0 Å². The van der Waals surface area contributed by atoms with Crippen LogP contribution in [0.25, 0.3) is 17.2 Å². The summed E-state index contributed by atoms with van der Waals surface area (Å²) >= 11 is 6.53. The molecule has 0 aliphatic rings. The van der Waals surface area contributed by atoms with Crippen molar-refractivity contribution in [3.8, 4) is 11.5 Å². The number of aryl methyl sites for hydroxylation is 4. The number of aromatic nitrogens is 6. The number of rotatable bonds is 5. The molecule has 0 atom stereocenters. The maximum Gasteiger partial charge on any atom is 0.180 e. The van der Waals surface area contributed by atoms with Gasteiger partial charge in [0.2, 0.25) is 0 Å². The van der Waals surface area contributed by atoms with Crippen molar-refractivity contribution < 1.29 is 0 Å². The van der Waals surface area contributed by atoms with Crippen LogP contribution in [0.2, 0.25) is 5.02 Å². The average molecular weight is 367 g/mol. The van der Waals surface area contributed by atoms with Gasteiger partial charge in [-0.3, -0.25) is 0 Å². The maximum absolute atomic E-state index is 6.53. The first kappa shape index (κ1) is 16.7. The molecule has 0 fully saturated rings. The van der Waals surface area contributed by atoms with Gasteiger partial charge in [0.15, 0.2) is 23.0 Å². The lowest BCUT2D eigenvalue weighted by Crippen LogP contribution is -2.01. The molecule has 0 N–H and O–H groups in total. The monoisotopic (exact) mass is 366 g/mol. The molecule has 0 bridgehead atoms. The minimum atomic E-state index is 0.502. The van der Waals surface area contributed by atoms with Gasteiger partial charge in [-0.25, -0.2) is 19.2 Å². The highest BCUT2D eigenvalue weighted by molar-refractivity contribution is 6.35. The molecule has 0 saturated heterocycles. The van der Waals surface area contributed by atoms with Gasteiger partial charge in [0.05, 0.1) is 0 Å². The number of benzene rings is 1. The highest BCUT2D eigenvalue weighted by Gasteiger charge is 2.20.